The summed E-state index contributed by atoms with van der Waals surface area (Å²) >= 11 is 0. The van der Waals surface area contributed by atoms with Gasteiger partial charge in [-0.1, -0.05) is 18.2 Å². The number of carbonyl (C=O) groups is 1. The van der Waals surface area contributed by atoms with Crippen molar-refractivity contribution in [3.05, 3.63) is 95.1 Å². The molecule has 0 radical (unpaired) electrons. The van der Waals surface area contributed by atoms with Crippen molar-refractivity contribution in [2.24, 2.45) is 0 Å². The normalized spacial score (nSPS) is 13.1. The number of alkyl halides is 6. The molecule has 0 saturated carbocycles. The number of pyridine rings is 1. The molecule has 2 heterocycles. The average Bonchev–Trinajstić information content (AvgIpc) is 3.26. The maximum atomic E-state index is 13.5. The van der Waals surface area contributed by atoms with Gasteiger partial charge in [-0.15, -0.1) is 0 Å². The van der Waals surface area contributed by atoms with Gasteiger partial charge in [-0.25, -0.2) is 4.98 Å². The van der Waals surface area contributed by atoms with Crippen molar-refractivity contribution < 1.29 is 31.1 Å². The summed E-state index contributed by atoms with van der Waals surface area (Å²) in [7, 11) is 0. The second kappa shape index (κ2) is 9.63. The van der Waals surface area contributed by atoms with Crippen molar-refractivity contribution in [2.45, 2.75) is 38.3 Å². The van der Waals surface area contributed by atoms with Gasteiger partial charge in [0.15, 0.2) is 0 Å². The van der Waals surface area contributed by atoms with Gasteiger partial charge in [-0.05, 0) is 54.4 Å². The summed E-state index contributed by atoms with van der Waals surface area (Å²) in [5.41, 5.74) is -1.30. The van der Waals surface area contributed by atoms with Crippen molar-refractivity contribution in [3.8, 4) is 0 Å². The number of H-pyrrole nitrogens is 1. The Labute approximate surface area is 201 Å². The van der Waals surface area contributed by atoms with Crippen LogP contribution >= 0.6 is 0 Å². The van der Waals surface area contributed by atoms with Crippen LogP contribution in [0.5, 0.6) is 0 Å². The summed E-state index contributed by atoms with van der Waals surface area (Å²) in [6.07, 6.45) is -7.00. The molecule has 0 saturated heterocycles. The summed E-state index contributed by atoms with van der Waals surface area (Å²) in [6, 6.07) is 11.7. The number of rotatable bonds is 6. The SMILES string of the molecule is CC(C(=O)N(Cc1cccnc1)Cc1cc(C(F)(F)F)cc(C(F)(F)F)c1)c1nc2ccccc2[nH]1. The van der Waals surface area contributed by atoms with Crippen LogP contribution in [0.3, 0.4) is 0 Å². The van der Waals surface area contributed by atoms with E-state index < -0.39 is 41.8 Å². The van der Waals surface area contributed by atoms with Gasteiger partial charge in [0.1, 0.15) is 5.82 Å². The number of amides is 1. The molecule has 0 aliphatic carbocycles. The van der Waals surface area contributed by atoms with E-state index in [4.69, 9.17) is 0 Å². The van der Waals surface area contributed by atoms with E-state index >= 15 is 0 Å². The van der Waals surface area contributed by atoms with Crippen LogP contribution in [-0.4, -0.2) is 25.8 Å². The van der Waals surface area contributed by atoms with Gasteiger partial charge < -0.3 is 9.88 Å². The lowest BCUT2D eigenvalue weighted by Crippen LogP contribution is -2.34. The van der Waals surface area contributed by atoms with Crippen molar-refractivity contribution in [3.63, 3.8) is 0 Å². The first-order valence-electron chi connectivity index (χ1n) is 10.8. The van der Waals surface area contributed by atoms with Crippen LogP contribution in [-0.2, 0) is 30.2 Å². The first-order chi connectivity index (χ1) is 16.9. The Kier molecular flexibility index (Phi) is 6.75. The zero-order chi connectivity index (χ0) is 26.1. The molecule has 36 heavy (non-hydrogen) atoms. The number of para-hydroxylation sites is 2. The van der Waals surface area contributed by atoms with Crippen LogP contribution < -0.4 is 0 Å². The molecule has 188 valence electrons. The molecule has 0 spiro atoms. The molecule has 2 aromatic carbocycles. The molecule has 5 nitrogen and oxygen atoms in total. The summed E-state index contributed by atoms with van der Waals surface area (Å²) in [5.74, 6) is -1.04. The third kappa shape index (κ3) is 5.67. The minimum absolute atomic E-state index is 0.0633. The fraction of sp³-hybridized carbons (Fsp3) is 0.240. The predicted molar refractivity (Wildman–Crippen MR) is 119 cm³/mol. The number of aromatic amines is 1. The number of hydrogen-bond acceptors (Lipinski definition) is 3. The van der Waals surface area contributed by atoms with Gasteiger partial charge in [0.25, 0.3) is 0 Å². The lowest BCUT2D eigenvalue weighted by atomic mass is 10.0. The van der Waals surface area contributed by atoms with E-state index in [-0.39, 0.29) is 18.2 Å². The molecular weight excluding hydrogens is 486 g/mol. The number of imidazole rings is 1. The Morgan fingerprint density at radius 2 is 1.56 bits per heavy atom. The molecule has 0 bridgehead atoms. The molecule has 0 fully saturated rings. The molecule has 0 aliphatic rings. The maximum absolute atomic E-state index is 13.5. The number of nitrogens with one attached hydrogen (secondary N) is 1. The predicted octanol–water partition coefficient (Wildman–Crippen LogP) is 6.33. The number of fused-ring (bicyclic) bond motifs is 1. The van der Waals surface area contributed by atoms with E-state index in [0.717, 1.165) is 0 Å². The van der Waals surface area contributed by atoms with Crippen molar-refractivity contribution in [2.75, 3.05) is 0 Å². The van der Waals surface area contributed by atoms with Crippen LogP contribution in [0, 0.1) is 0 Å². The number of benzene rings is 2. The monoisotopic (exact) mass is 506 g/mol. The lowest BCUT2D eigenvalue weighted by molar-refractivity contribution is -0.143. The van der Waals surface area contributed by atoms with E-state index in [0.29, 0.717) is 34.6 Å². The van der Waals surface area contributed by atoms with E-state index in [1.165, 1.54) is 17.3 Å². The Bertz CT molecular complexity index is 1300. The van der Waals surface area contributed by atoms with Crippen molar-refractivity contribution >= 4 is 16.9 Å². The van der Waals surface area contributed by atoms with Gasteiger partial charge in [0, 0.05) is 25.5 Å². The van der Waals surface area contributed by atoms with E-state index in [1.54, 1.807) is 43.3 Å². The fourth-order valence-electron chi connectivity index (χ4n) is 3.82. The molecule has 1 unspecified atom stereocenters. The number of nitrogens with zero attached hydrogens (tertiary/aromatic N) is 3. The molecular formula is C25H20F6N4O. The fourth-order valence-corrected chi connectivity index (χ4v) is 3.82. The number of hydrogen-bond donors (Lipinski definition) is 1. The van der Waals surface area contributed by atoms with E-state index in [2.05, 4.69) is 15.0 Å². The van der Waals surface area contributed by atoms with Crippen LogP contribution in [0.2, 0.25) is 0 Å². The summed E-state index contributed by atoms with van der Waals surface area (Å²) in [5, 5.41) is 0. The van der Waals surface area contributed by atoms with Gasteiger partial charge in [0.05, 0.1) is 28.1 Å². The minimum atomic E-state index is -4.99. The highest BCUT2D eigenvalue weighted by Gasteiger charge is 2.37. The number of carbonyl (C=O) groups excluding carboxylic acids is 1. The third-order valence-electron chi connectivity index (χ3n) is 5.62. The topological polar surface area (TPSA) is 61.9 Å². The van der Waals surface area contributed by atoms with Crippen molar-refractivity contribution in [1.29, 1.82) is 0 Å². The van der Waals surface area contributed by atoms with Gasteiger partial charge in [0.2, 0.25) is 5.91 Å². The quantitative estimate of drug-likeness (QED) is 0.311. The van der Waals surface area contributed by atoms with E-state index in [9.17, 15) is 31.1 Å². The molecule has 1 amide bonds. The summed E-state index contributed by atoms with van der Waals surface area (Å²) in [4.78, 5) is 26.1. The lowest BCUT2D eigenvalue weighted by Gasteiger charge is -2.26. The molecule has 1 N–H and O–H groups in total. The Morgan fingerprint density at radius 1 is 0.917 bits per heavy atom. The molecule has 4 aromatic rings. The highest BCUT2D eigenvalue weighted by molar-refractivity contribution is 5.84. The van der Waals surface area contributed by atoms with Gasteiger partial charge >= 0.3 is 12.4 Å². The zero-order valence-corrected chi connectivity index (χ0v) is 18.9. The second-order valence-electron chi connectivity index (χ2n) is 8.33. The average molecular weight is 506 g/mol. The highest BCUT2D eigenvalue weighted by Crippen LogP contribution is 2.37. The van der Waals surface area contributed by atoms with Crippen LogP contribution in [0.25, 0.3) is 11.0 Å². The standard InChI is InChI=1S/C25H20F6N4O/c1-15(22-33-20-6-2-3-7-21(20)34-22)23(36)35(13-16-5-4-8-32-12-16)14-17-9-18(24(26,27)28)11-19(10-17)25(29,30)31/h2-12,15H,13-14H2,1H3,(H,33,34). The Balaban J connectivity index is 1.71. The summed E-state index contributed by atoms with van der Waals surface area (Å²) in [6.45, 7) is 1.02. The third-order valence-corrected chi connectivity index (χ3v) is 5.62. The molecule has 1 atom stereocenters. The van der Waals surface area contributed by atoms with Crippen LogP contribution in [0.15, 0.2) is 67.0 Å². The first kappa shape index (κ1) is 25.2. The zero-order valence-electron chi connectivity index (χ0n) is 18.9. The molecule has 0 aliphatic heterocycles. The second-order valence-corrected chi connectivity index (χ2v) is 8.33. The minimum Gasteiger partial charge on any atom is -0.341 e. The Morgan fingerprint density at radius 3 is 2.14 bits per heavy atom. The maximum Gasteiger partial charge on any atom is 0.416 e. The van der Waals surface area contributed by atoms with Gasteiger partial charge in [-0.2, -0.15) is 26.3 Å². The molecule has 2 aromatic heterocycles. The Hall–Kier alpha value is -3.89. The van der Waals surface area contributed by atoms with Crippen LogP contribution in [0.1, 0.15) is 40.9 Å². The molecule has 4 rings (SSSR count). The largest absolute Gasteiger partial charge is 0.416 e. The van der Waals surface area contributed by atoms with E-state index in [1.807, 2.05) is 0 Å². The number of aromatic nitrogens is 3. The van der Waals surface area contributed by atoms with Crippen molar-refractivity contribution in [1.82, 2.24) is 19.9 Å². The number of halogens is 6. The first-order valence-corrected chi connectivity index (χ1v) is 10.8. The van der Waals surface area contributed by atoms with Gasteiger partial charge in [-0.3, -0.25) is 9.78 Å². The highest BCUT2D eigenvalue weighted by atomic mass is 19.4. The molecule has 11 heteroatoms. The summed E-state index contributed by atoms with van der Waals surface area (Å²) < 4.78 is 80.2. The van der Waals surface area contributed by atoms with Crippen LogP contribution in [0.4, 0.5) is 26.3 Å². The smallest absolute Gasteiger partial charge is 0.341 e.